The smallest absolute Gasteiger partial charge is 0.145 e. The van der Waals surface area contributed by atoms with Crippen LogP contribution in [0.5, 0.6) is 5.75 Å². The molecule has 1 atom stereocenters. The minimum atomic E-state index is 0.154. The van der Waals surface area contributed by atoms with E-state index in [9.17, 15) is 0 Å². The summed E-state index contributed by atoms with van der Waals surface area (Å²) in [5.74, 6) is 0.996. The highest BCUT2D eigenvalue weighted by Gasteiger charge is 2.49. The quantitative estimate of drug-likeness (QED) is 0.863. The zero-order valence-electron chi connectivity index (χ0n) is 10.2. The highest BCUT2D eigenvalue weighted by atomic mass is 16.6. The van der Waals surface area contributed by atoms with Crippen molar-refractivity contribution in [1.29, 1.82) is 0 Å². The molecule has 0 amide bonds. The van der Waals surface area contributed by atoms with E-state index in [1.54, 1.807) is 0 Å². The molecule has 0 aromatic heterocycles. The Morgan fingerprint density at radius 1 is 1.35 bits per heavy atom. The maximum absolute atomic E-state index is 6.13. The van der Waals surface area contributed by atoms with Gasteiger partial charge in [-0.15, -0.1) is 0 Å². The molecule has 1 aromatic rings. The molecular weight excluding hydrogens is 214 g/mol. The second-order valence-electron chi connectivity index (χ2n) is 5.22. The predicted octanol–water partition coefficient (Wildman–Crippen LogP) is 1.84. The molecule has 92 valence electrons. The first kappa shape index (κ1) is 11.1. The van der Waals surface area contributed by atoms with E-state index in [0.29, 0.717) is 13.2 Å². The summed E-state index contributed by atoms with van der Waals surface area (Å²) in [4.78, 5) is 0. The van der Waals surface area contributed by atoms with Crippen LogP contribution in [0, 0.1) is 0 Å². The fraction of sp³-hybridized carbons (Fsp3) is 0.571. The molecule has 2 N–H and O–H groups in total. The Morgan fingerprint density at radius 2 is 2.06 bits per heavy atom. The van der Waals surface area contributed by atoms with E-state index in [4.69, 9.17) is 15.2 Å². The standard InChI is InChI=1S/C14H19NO2/c1-10(15)14(6-7-14)12-4-2-3-5-13(12)17-11-8-16-9-11/h2-5,10-11H,6-9,15H2,1H3. The van der Waals surface area contributed by atoms with Crippen molar-refractivity contribution in [3.8, 4) is 5.75 Å². The molecule has 0 radical (unpaired) electrons. The molecule has 0 bridgehead atoms. The summed E-state index contributed by atoms with van der Waals surface area (Å²) in [6.45, 7) is 3.51. The Morgan fingerprint density at radius 3 is 2.59 bits per heavy atom. The van der Waals surface area contributed by atoms with Crippen LogP contribution in [0.25, 0.3) is 0 Å². The normalized spacial score (nSPS) is 23.9. The van der Waals surface area contributed by atoms with Crippen LogP contribution in [0.1, 0.15) is 25.3 Å². The highest BCUT2D eigenvalue weighted by Crippen LogP contribution is 2.53. The first-order chi connectivity index (χ1) is 8.22. The summed E-state index contributed by atoms with van der Waals surface area (Å²) < 4.78 is 11.1. The van der Waals surface area contributed by atoms with Gasteiger partial charge in [0.05, 0.1) is 13.2 Å². The second-order valence-corrected chi connectivity index (χ2v) is 5.22. The van der Waals surface area contributed by atoms with Gasteiger partial charge >= 0.3 is 0 Å². The Labute approximate surface area is 102 Å². The van der Waals surface area contributed by atoms with E-state index in [0.717, 1.165) is 5.75 Å². The summed E-state index contributed by atoms with van der Waals surface area (Å²) in [5.41, 5.74) is 7.56. The number of para-hydroxylation sites is 1. The molecule has 3 nitrogen and oxygen atoms in total. The van der Waals surface area contributed by atoms with Gasteiger partial charge in [0.1, 0.15) is 11.9 Å². The zero-order chi connectivity index (χ0) is 11.9. The van der Waals surface area contributed by atoms with E-state index < -0.39 is 0 Å². The topological polar surface area (TPSA) is 44.5 Å². The van der Waals surface area contributed by atoms with E-state index in [1.165, 1.54) is 18.4 Å². The molecule has 3 rings (SSSR count). The number of hydrogen-bond acceptors (Lipinski definition) is 3. The average molecular weight is 233 g/mol. The highest BCUT2D eigenvalue weighted by molar-refractivity contribution is 5.44. The molecule has 1 unspecified atom stereocenters. The molecule has 1 heterocycles. The van der Waals surface area contributed by atoms with Crippen LogP contribution in [0.4, 0.5) is 0 Å². The third kappa shape index (κ3) is 1.83. The van der Waals surface area contributed by atoms with Gasteiger partial charge in [-0.2, -0.15) is 0 Å². The summed E-state index contributed by atoms with van der Waals surface area (Å²) in [5, 5.41) is 0. The monoisotopic (exact) mass is 233 g/mol. The first-order valence-corrected chi connectivity index (χ1v) is 6.32. The molecule has 1 saturated heterocycles. The lowest BCUT2D eigenvalue weighted by atomic mass is 9.89. The minimum absolute atomic E-state index is 0.154. The average Bonchev–Trinajstić information content (AvgIpc) is 3.05. The lowest BCUT2D eigenvalue weighted by Gasteiger charge is -2.30. The molecule has 1 aromatic carbocycles. The predicted molar refractivity (Wildman–Crippen MR) is 66.2 cm³/mol. The van der Waals surface area contributed by atoms with Crippen molar-refractivity contribution in [2.24, 2.45) is 5.73 Å². The number of nitrogens with two attached hydrogens (primary N) is 1. The number of hydrogen-bond donors (Lipinski definition) is 1. The molecule has 1 aliphatic carbocycles. The van der Waals surface area contributed by atoms with Gasteiger partial charge in [0.2, 0.25) is 0 Å². The first-order valence-electron chi connectivity index (χ1n) is 6.32. The van der Waals surface area contributed by atoms with Gasteiger partial charge in [-0.05, 0) is 25.8 Å². The maximum Gasteiger partial charge on any atom is 0.145 e. The molecule has 1 saturated carbocycles. The summed E-state index contributed by atoms with van der Waals surface area (Å²) in [6, 6.07) is 8.49. The molecule has 0 spiro atoms. The van der Waals surface area contributed by atoms with Crippen LogP contribution in [0.2, 0.25) is 0 Å². The van der Waals surface area contributed by atoms with Crippen molar-refractivity contribution < 1.29 is 9.47 Å². The van der Waals surface area contributed by atoms with Gasteiger partial charge in [0.25, 0.3) is 0 Å². The largest absolute Gasteiger partial charge is 0.485 e. The molecule has 2 aliphatic rings. The van der Waals surface area contributed by atoms with Gasteiger partial charge in [-0.25, -0.2) is 0 Å². The number of rotatable bonds is 4. The third-order valence-electron chi connectivity index (χ3n) is 3.98. The Kier molecular flexibility index (Phi) is 2.60. The van der Waals surface area contributed by atoms with Crippen LogP contribution in [-0.2, 0) is 10.2 Å². The van der Waals surface area contributed by atoms with Crippen LogP contribution < -0.4 is 10.5 Å². The van der Waals surface area contributed by atoms with E-state index in [1.807, 2.05) is 6.07 Å². The van der Waals surface area contributed by atoms with Gasteiger partial charge < -0.3 is 15.2 Å². The fourth-order valence-corrected chi connectivity index (χ4v) is 2.55. The van der Waals surface area contributed by atoms with Gasteiger partial charge in [0, 0.05) is 17.0 Å². The summed E-state index contributed by atoms with van der Waals surface area (Å²) >= 11 is 0. The van der Waals surface area contributed by atoms with Crippen LogP contribution in [-0.4, -0.2) is 25.4 Å². The van der Waals surface area contributed by atoms with Gasteiger partial charge in [0.15, 0.2) is 0 Å². The molecular formula is C14H19NO2. The second kappa shape index (κ2) is 4.00. The molecule has 17 heavy (non-hydrogen) atoms. The Balaban J connectivity index is 1.88. The Hall–Kier alpha value is -1.06. The minimum Gasteiger partial charge on any atom is -0.485 e. The van der Waals surface area contributed by atoms with E-state index in [-0.39, 0.29) is 17.6 Å². The van der Waals surface area contributed by atoms with Gasteiger partial charge in [-0.1, -0.05) is 18.2 Å². The molecule has 3 heteroatoms. The zero-order valence-corrected chi connectivity index (χ0v) is 10.2. The van der Waals surface area contributed by atoms with E-state index in [2.05, 4.69) is 25.1 Å². The third-order valence-corrected chi connectivity index (χ3v) is 3.98. The lowest BCUT2D eigenvalue weighted by Crippen LogP contribution is -2.39. The van der Waals surface area contributed by atoms with Crippen LogP contribution >= 0.6 is 0 Å². The van der Waals surface area contributed by atoms with Crippen molar-refractivity contribution in [2.45, 2.75) is 37.3 Å². The Bertz CT molecular complexity index is 408. The van der Waals surface area contributed by atoms with Gasteiger partial charge in [-0.3, -0.25) is 0 Å². The van der Waals surface area contributed by atoms with Crippen LogP contribution in [0.15, 0.2) is 24.3 Å². The van der Waals surface area contributed by atoms with Crippen molar-refractivity contribution in [1.82, 2.24) is 0 Å². The van der Waals surface area contributed by atoms with Crippen molar-refractivity contribution >= 4 is 0 Å². The van der Waals surface area contributed by atoms with Crippen molar-refractivity contribution in [3.05, 3.63) is 29.8 Å². The maximum atomic E-state index is 6.13. The van der Waals surface area contributed by atoms with Crippen LogP contribution in [0.3, 0.4) is 0 Å². The number of benzene rings is 1. The van der Waals surface area contributed by atoms with E-state index >= 15 is 0 Å². The van der Waals surface area contributed by atoms with Crippen molar-refractivity contribution in [3.63, 3.8) is 0 Å². The van der Waals surface area contributed by atoms with Crippen molar-refractivity contribution in [2.75, 3.05) is 13.2 Å². The molecule has 1 aliphatic heterocycles. The number of ether oxygens (including phenoxy) is 2. The SMILES string of the molecule is CC(N)C1(c2ccccc2OC2COC2)CC1. The lowest BCUT2D eigenvalue weighted by molar-refractivity contribution is -0.0801. The summed E-state index contributed by atoms with van der Waals surface area (Å²) in [7, 11) is 0. The summed E-state index contributed by atoms with van der Waals surface area (Å²) in [6.07, 6.45) is 2.57. The molecule has 2 fully saturated rings. The fourth-order valence-electron chi connectivity index (χ4n) is 2.55.